The van der Waals surface area contributed by atoms with Gasteiger partial charge in [-0.15, -0.1) is 0 Å². The Bertz CT molecular complexity index is 731. The van der Waals surface area contributed by atoms with Crippen LogP contribution in [0.2, 0.25) is 5.02 Å². The van der Waals surface area contributed by atoms with Gasteiger partial charge in [0, 0.05) is 22.7 Å². The maximum atomic E-state index is 6.04. The molecule has 0 amide bonds. The molecule has 0 unspecified atom stereocenters. The van der Waals surface area contributed by atoms with Crippen LogP contribution in [0.1, 0.15) is 5.56 Å². The van der Waals surface area contributed by atoms with Crippen molar-refractivity contribution in [2.45, 2.75) is 0 Å². The Morgan fingerprint density at radius 3 is 2.74 bits per heavy atom. The lowest BCUT2D eigenvalue weighted by molar-refractivity contribution is 1.35. The van der Waals surface area contributed by atoms with E-state index in [1.54, 1.807) is 6.21 Å². The number of fused-ring (bicyclic) bond motifs is 1. The maximum absolute atomic E-state index is 6.04. The summed E-state index contributed by atoms with van der Waals surface area (Å²) in [7, 11) is 0. The monoisotopic (exact) mass is 269 g/mol. The predicted octanol–water partition coefficient (Wildman–Crippen LogP) is 4.27. The molecule has 3 aromatic rings. The number of hydrogen-bond donors (Lipinski definition) is 2. The van der Waals surface area contributed by atoms with Gasteiger partial charge in [-0.3, -0.25) is 5.43 Å². The minimum atomic E-state index is 0.651. The summed E-state index contributed by atoms with van der Waals surface area (Å²) in [5, 5.41) is 6.01. The summed E-state index contributed by atoms with van der Waals surface area (Å²) in [6.45, 7) is 0. The number of aromatic nitrogens is 1. The van der Waals surface area contributed by atoms with Crippen molar-refractivity contribution < 1.29 is 0 Å². The van der Waals surface area contributed by atoms with E-state index in [1.165, 1.54) is 0 Å². The first-order valence-electron chi connectivity index (χ1n) is 5.94. The van der Waals surface area contributed by atoms with E-state index in [0.29, 0.717) is 5.02 Å². The first-order valence-corrected chi connectivity index (χ1v) is 6.32. The number of anilines is 1. The average Bonchev–Trinajstić information content (AvgIpc) is 2.85. The van der Waals surface area contributed by atoms with Crippen molar-refractivity contribution in [3.05, 3.63) is 65.3 Å². The molecule has 2 N–H and O–H groups in total. The van der Waals surface area contributed by atoms with Gasteiger partial charge < -0.3 is 4.98 Å². The fourth-order valence-electron chi connectivity index (χ4n) is 1.92. The summed E-state index contributed by atoms with van der Waals surface area (Å²) < 4.78 is 0. The number of hydrazone groups is 1. The van der Waals surface area contributed by atoms with E-state index in [2.05, 4.69) is 21.6 Å². The van der Waals surface area contributed by atoms with Gasteiger partial charge in [0.25, 0.3) is 0 Å². The minimum absolute atomic E-state index is 0.651. The molecule has 0 aliphatic carbocycles. The third-order valence-corrected chi connectivity index (χ3v) is 3.21. The molecule has 0 aliphatic heterocycles. The molecule has 0 radical (unpaired) electrons. The third kappa shape index (κ3) is 2.46. The zero-order chi connectivity index (χ0) is 13.1. The van der Waals surface area contributed by atoms with E-state index < -0.39 is 0 Å². The van der Waals surface area contributed by atoms with Gasteiger partial charge in [-0.25, -0.2) is 0 Å². The van der Waals surface area contributed by atoms with E-state index in [4.69, 9.17) is 11.6 Å². The topological polar surface area (TPSA) is 40.2 Å². The molecule has 3 nitrogen and oxygen atoms in total. The molecule has 94 valence electrons. The summed E-state index contributed by atoms with van der Waals surface area (Å²) in [4.78, 5) is 3.20. The van der Waals surface area contributed by atoms with Crippen LogP contribution in [0.15, 0.2) is 59.8 Å². The highest BCUT2D eigenvalue weighted by molar-refractivity contribution is 6.33. The predicted molar refractivity (Wildman–Crippen MR) is 81.0 cm³/mol. The van der Waals surface area contributed by atoms with Crippen LogP contribution in [0.5, 0.6) is 0 Å². The minimum Gasteiger partial charge on any atom is -0.361 e. The Labute approximate surface area is 115 Å². The highest BCUT2D eigenvalue weighted by atomic mass is 35.5. The summed E-state index contributed by atoms with van der Waals surface area (Å²) in [5.74, 6) is 0. The lowest BCUT2D eigenvalue weighted by Gasteiger charge is -2.01. The van der Waals surface area contributed by atoms with Crippen molar-refractivity contribution >= 4 is 34.4 Å². The molecule has 0 saturated carbocycles. The van der Waals surface area contributed by atoms with Crippen molar-refractivity contribution in [2.75, 3.05) is 5.43 Å². The molecule has 4 heteroatoms. The van der Waals surface area contributed by atoms with Gasteiger partial charge >= 0.3 is 0 Å². The fraction of sp³-hybridized carbons (Fsp3) is 0. The second-order valence-corrected chi connectivity index (χ2v) is 4.55. The van der Waals surface area contributed by atoms with E-state index in [1.807, 2.05) is 48.7 Å². The molecule has 1 heterocycles. The summed E-state index contributed by atoms with van der Waals surface area (Å²) >= 11 is 6.04. The van der Waals surface area contributed by atoms with Gasteiger partial charge in [0.15, 0.2) is 0 Å². The highest BCUT2D eigenvalue weighted by Gasteiger charge is 1.99. The summed E-state index contributed by atoms with van der Waals surface area (Å²) in [6, 6.07) is 15.6. The Balaban J connectivity index is 1.82. The second-order valence-electron chi connectivity index (χ2n) is 4.14. The maximum Gasteiger partial charge on any atom is 0.0748 e. The van der Waals surface area contributed by atoms with E-state index in [-0.39, 0.29) is 0 Å². The number of para-hydroxylation sites is 2. The summed E-state index contributed by atoms with van der Waals surface area (Å²) in [5.41, 5.74) is 5.87. The lowest BCUT2D eigenvalue weighted by Crippen LogP contribution is -1.90. The molecule has 3 rings (SSSR count). The van der Waals surface area contributed by atoms with Crippen molar-refractivity contribution in [1.82, 2.24) is 4.98 Å². The van der Waals surface area contributed by atoms with Crippen LogP contribution in [0.3, 0.4) is 0 Å². The number of halogens is 1. The molecule has 0 saturated heterocycles. The number of aromatic amines is 1. The molecule has 0 fully saturated rings. The standard InChI is InChI=1S/C15H12ClN3/c16-13-6-2-4-8-15(13)19-18-10-11-9-17-14-7-3-1-5-12(11)14/h1-10,17,19H. The first kappa shape index (κ1) is 11.8. The second kappa shape index (κ2) is 5.16. The normalized spacial score (nSPS) is 11.2. The first-order chi connectivity index (χ1) is 9.34. The zero-order valence-electron chi connectivity index (χ0n) is 10.1. The quantitative estimate of drug-likeness (QED) is 0.541. The molecular weight excluding hydrogens is 258 g/mol. The molecular formula is C15H12ClN3. The van der Waals surface area contributed by atoms with Crippen LogP contribution in [0.4, 0.5) is 5.69 Å². The molecule has 0 atom stereocenters. The fourth-order valence-corrected chi connectivity index (χ4v) is 2.10. The molecule has 1 aromatic heterocycles. The van der Waals surface area contributed by atoms with Gasteiger partial charge in [0.2, 0.25) is 0 Å². The van der Waals surface area contributed by atoms with Crippen LogP contribution >= 0.6 is 11.6 Å². The van der Waals surface area contributed by atoms with Crippen LogP contribution in [-0.4, -0.2) is 11.2 Å². The Hall–Kier alpha value is -2.26. The van der Waals surface area contributed by atoms with Crippen molar-refractivity contribution in [3.8, 4) is 0 Å². The van der Waals surface area contributed by atoms with Gasteiger partial charge in [-0.05, 0) is 18.2 Å². The van der Waals surface area contributed by atoms with Crippen molar-refractivity contribution in [2.24, 2.45) is 5.10 Å². The van der Waals surface area contributed by atoms with Gasteiger partial charge in [-0.2, -0.15) is 5.10 Å². The van der Waals surface area contributed by atoms with Gasteiger partial charge in [-0.1, -0.05) is 41.9 Å². The number of hydrogen-bond acceptors (Lipinski definition) is 2. The largest absolute Gasteiger partial charge is 0.361 e. The van der Waals surface area contributed by atoms with E-state index in [0.717, 1.165) is 22.2 Å². The molecule has 0 spiro atoms. The Kier molecular flexibility index (Phi) is 3.21. The number of nitrogens with zero attached hydrogens (tertiary/aromatic N) is 1. The van der Waals surface area contributed by atoms with Gasteiger partial charge in [0.05, 0.1) is 16.9 Å². The van der Waals surface area contributed by atoms with E-state index in [9.17, 15) is 0 Å². The SMILES string of the molecule is Clc1ccccc1NN=Cc1c[nH]c2ccccc12. The van der Waals surface area contributed by atoms with Crippen LogP contribution in [0.25, 0.3) is 10.9 Å². The summed E-state index contributed by atoms with van der Waals surface area (Å²) in [6.07, 6.45) is 3.71. The zero-order valence-corrected chi connectivity index (χ0v) is 10.9. The van der Waals surface area contributed by atoms with Crippen molar-refractivity contribution in [1.29, 1.82) is 0 Å². The highest BCUT2D eigenvalue weighted by Crippen LogP contribution is 2.20. The lowest BCUT2D eigenvalue weighted by atomic mass is 10.2. The van der Waals surface area contributed by atoms with Crippen LogP contribution in [-0.2, 0) is 0 Å². The van der Waals surface area contributed by atoms with Gasteiger partial charge in [0.1, 0.15) is 0 Å². The Morgan fingerprint density at radius 1 is 1.05 bits per heavy atom. The van der Waals surface area contributed by atoms with Crippen LogP contribution < -0.4 is 5.43 Å². The van der Waals surface area contributed by atoms with E-state index >= 15 is 0 Å². The molecule has 0 aliphatic rings. The molecule has 2 aromatic carbocycles. The smallest absolute Gasteiger partial charge is 0.0748 e. The number of nitrogens with one attached hydrogen (secondary N) is 2. The van der Waals surface area contributed by atoms with Crippen LogP contribution in [0, 0.1) is 0 Å². The average molecular weight is 270 g/mol. The van der Waals surface area contributed by atoms with Crippen molar-refractivity contribution in [3.63, 3.8) is 0 Å². The number of rotatable bonds is 3. The Morgan fingerprint density at radius 2 is 1.84 bits per heavy atom. The number of benzene rings is 2. The molecule has 19 heavy (non-hydrogen) atoms. The third-order valence-electron chi connectivity index (χ3n) is 2.88. The molecule has 0 bridgehead atoms. The number of H-pyrrole nitrogens is 1.